The van der Waals surface area contributed by atoms with Gasteiger partial charge in [0.15, 0.2) is 9.84 Å². The molecule has 2 atom stereocenters. The predicted molar refractivity (Wildman–Crippen MR) is 86.9 cm³/mol. The summed E-state index contributed by atoms with van der Waals surface area (Å²) < 4.78 is 38.7. The van der Waals surface area contributed by atoms with Crippen LogP contribution in [0.1, 0.15) is 25.5 Å². The smallest absolute Gasteiger partial charge is 0.171 e. The van der Waals surface area contributed by atoms with Crippen molar-refractivity contribution >= 4 is 27.3 Å². The van der Waals surface area contributed by atoms with Gasteiger partial charge in [0.1, 0.15) is 11.2 Å². The molecular weight excluding hydrogens is 311 g/mol. The SMILES string of the molecule is CCS(=O)(=O)C1CSCCN1c1cccc(F)c1[C@H](C)N. The minimum atomic E-state index is -3.23. The van der Waals surface area contributed by atoms with Gasteiger partial charge in [-0.3, -0.25) is 0 Å². The molecule has 21 heavy (non-hydrogen) atoms. The highest BCUT2D eigenvalue weighted by molar-refractivity contribution is 8.01. The lowest BCUT2D eigenvalue weighted by Crippen LogP contribution is -2.48. The van der Waals surface area contributed by atoms with Crippen molar-refractivity contribution in [1.29, 1.82) is 0 Å². The van der Waals surface area contributed by atoms with Crippen LogP contribution in [0.3, 0.4) is 0 Å². The number of nitrogens with two attached hydrogens (primary N) is 1. The monoisotopic (exact) mass is 332 g/mol. The molecule has 1 saturated heterocycles. The summed E-state index contributed by atoms with van der Waals surface area (Å²) in [6.45, 7) is 3.94. The molecule has 1 fully saturated rings. The van der Waals surface area contributed by atoms with Gasteiger partial charge in [0, 0.05) is 41.1 Å². The zero-order valence-electron chi connectivity index (χ0n) is 12.3. The van der Waals surface area contributed by atoms with Crippen molar-refractivity contribution in [2.24, 2.45) is 5.73 Å². The average molecular weight is 332 g/mol. The molecule has 2 rings (SSSR count). The van der Waals surface area contributed by atoms with Gasteiger partial charge in [-0.15, -0.1) is 0 Å². The van der Waals surface area contributed by atoms with E-state index in [-0.39, 0.29) is 11.6 Å². The van der Waals surface area contributed by atoms with Gasteiger partial charge in [-0.25, -0.2) is 12.8 Å². The number of halogens is 1. The molecule has 1 heterocycles. The van der Waals surface area contributed by atoms with Gasteiger partial charge in [-0.05, 0) is 19.1 Å². The van der Waals surface area contributed by atoms with Crippen LogP contribution in [0.25, 0.3) is 0 Å². The van der Waals surface area contributed by atoms with Crippen LogP contribution in [0.5, 0.6) is 0 Å². The van der Waals surface area contributed by atoms with E-state index in [2.05, 4.69) is 0 Å². The van der Waals surface area contributed by atoms with Gasteiger partial charge < -0.3 is 10.6 Å². The van der Waals surface area contributed by atoms with Crippen molar-refractivity contribution in [3.8, 4) is 0 Å². The van der Waals surface area contributed by atoms with E-state index in [1.54, 1.807) is 42.6 Å². The number of rotatable bonds is 4. The van der Waals surface area contributed by atoms with Crippen molar-refractivity contribution in [2.45, 2.75) is 25.3 Å². The fourth-order valence-corrected chi connectivity index (χ4v) is 5.56. The van der Waals surface area contributed by atoms with Crippen LogP contribution in [0.4, 0.5) is 10.1 Å². The maximum Gasteiger partial charge on any atom is 0.171 e. The Kier molecular flexibility index (Phi) is 5.16. The van der Waals surface area contributed by atoms with Gasteiger partial charge in [0.05, 0.1) is 0 Å². The first-order valence-corrected chi connectivity index (χ1v) is 9.85. The van der Waals surface area contributed by atoms with Gasteiger partial charge in [-0.2, -0.15) is 11.8 Å². The first-order chi connectivity index (χ1) is 9.88. The molecule has 0 amide bonds. The maximum absolute atomic E-state index is 14.1. The third kappa shape index (κ3) is 3.35. The van der Waals surface area contributed by atoms with Gasteiger partial charge in [-0.1, -0.05) is 13.0 Å². The molecule has 0 spiro atoms. The van der Waals surface area contributed by atoms with Gasteiger partial charge in [0.25, 0.3) is 0 Å². The summed E-state index contributed by atoms with van der Waals surface area (Å²) >= 11 is 1.62. The van der Waals surface area contributed by atoms with Crippen LogP contribution < -0.4 is 10.6 Å². The van der Waals surface area contributed by atoms with Crippen molar-refractivity contribution in [3.63, 3.8) is 0 Å². The fourth-order valence-electron chi connectivity index (χ4n) is 2.57. The Morgan fingerprint density at radius 1 is 1.52 bits per heavy atom. The highest BCUT2D eigenvalue weighted by Gasteiger charge is 2.34. The Bertz CT molecular complexity index is 605. The molecule has 0 aromatic heterocycles. The second kappa shape index (κ2) is 6.54. The molecule has 0 bridgehead atoms. The van der Waals surface area contributed by atoms with E-state index in [0.29, 0.717) is 23.5 Å². The van der Waals surface area contributed by atoms with Crippen molar-refractivity contribution in [3.05, 3.63) is 29.6 Å². The Labute approximate surface area is 129 Å². The summed E-state index contributed by atoms with van der Waals surface area (Å²) in [6, 6.07) is 4.24. The second-order valence-corrected chi connectivity index (χ2v) is 8.73. The number of hydrogen-bond acceptors (Lipinski definition) is 5. The molecule has 0 radical (unpaired) electrons. The number of benzene rings is 1. The topological polar surface area (TPSA) is 63.4 Å². The quantitative estimate of drug-likeness (QED) is 0.915. The number of thioether (sulfide) groups is 1. The summed E-state index contributed by atoms with van der Waals surface area (Å²) in [5.74, 6) is 1.03. The molecule has 1 aromatic carbocycles. The largest absolute Gasteiger partial charge is 0.353 e. The minimum absolute atomic E-state index is 0.0809. The van der Waals surface area contributed by atoms with Crippen molar-refractivity contribution < 1.29 is 12.8 Å². The third-order valence-corrected chi connectivity index (χ3v) is 6.98. The Hall–Kier alpha value is -0.790. The summed E-state index contributed by atoms with van der Waals surface area (Å²) in [4.78, 5) is 1.80. The molecule has 1 aliphatic heterocycles. The maximum atomic E-state index is 14.1. The number of anilines is 1. The van der Waals surface area contributed by atoms with Crippen molar-refractivity contribution in [1.82, 2.24) is 0 Å². The number of sulfone groups is 1. The summed E-state index contributed by atoms with van der Waals surface area (Å²) in [5, 5.41) is -0.611. The molecule has 0 saturated carbocycles. The summed E-state index contributed by atoms with van der Waals surface area (Å²) in [6.07, 6.45) is 0. The van der Waals surface area contributed by atoms with E-state index in [1.807, 2.05) is 0 Å². The number of nitrogens with zero attached hydrogens (tertiary/aromatic N) is 1. The van der Waals surface area contributed by atoms with E-state index in [1.165, 1.54) is 6.07 Å². The van der Waals surface area contributed by atoms with E-state index >= 15 is 0 Å². The summed E-state index contributed by atoms with van der Waals surface area (Å²) in [7, 11) is -3.23. The molecular formula is C14H21FN2O2S2. The zero-order valence-corrected chi connectivity index (χ0v) is 13.9. The van der Waals surface area contributed by atoms with Gasteiger partial charge in [0.2, 0.25) is 0 Å². The Morgan fingerprint density at radius 2 is 2.24 bits per heavy atom. The first kappa shape index (κ1) is 16.6. The van der Waals surface area contributed by atoms with Crippen LogP contribution in [0, 0.1) is 5.82 Å². The highest BCUT2D eigenvalue weighted by Crippen LogP contribution is 2.33. The van der Waals surface area contributed by atoms with E-state index in [4.69, 9.17) is 5.73 Å². The molecule has 118 valence electrons. The third-order valence-electron chi connectivity index (χ3n) is 3.70. The summed E-state index contributed by atoms with van der Waals surface area (Å²) in [5.41, 5.74) is 6.88. The van der Waals surface area contributed by atoms with Crippen LogP contribution in [0.15, 0.2) is 18.2 Å². The number of hydrogen-bond donors (Lipinski definition) is 1. The molecule has 1 aromatic rings. The van der Waals surface area contributed by atoms with Crippen LogP contribution in [-0.2, 0) is 9.84 Å². The zero-order chi connectivity index (χ0) is 15.6. The lowest BCUT2D eigenvalue weighted by atomic mass is 10.0. The molecule has 1 aliphatic rings. The van der Waals surface area contributed by atoms with Crippen LogP contribution in [-0.4, -0.2) is 37.6 Å². The standard InChI is InChI=1S/C14H21FN2O2S2/c1-3-21(18,19)13-9-20-8-7-17(13)12-6-4-5-11(15)14(12)10(2)16/h4-6,10,13H,3,7-9,16H2,1-2H3/t10-,13?/m0/s1. The first-order valence-electron chi connectivity index (χ1n) is 6.98. The van der Waals surface area contributed by atoms with E-state index < -0.39 is 21.3 Å². The van der Waals surface area contributed by atoms with Gasteiger partial charge >= 0.3 is 0 Å². The Balaban J connectivity index is 2.50. The van der Waals surface area contributed by atoms with Crippen LogP contribution in [0.2, 0.25) is 0 Å². The molecule has 1 unspecified atom stereocenters. The minimum Gasteiger partial charge on any atom is -0.353 e. The van der Waals surface area contributed by atoms with Crippen LogP contribution >= 0.6 is 11.8 Å². The molecule has 2 N–H and O–H groups in total. The normalized spacial score (nSPS) is 21.3. The van der Waals surface area contributed by atoms with E-state index in [9.17, 15) is 12.8 Å². The molecule has 0 aliphatic carbocycles. The Morgan fingerprint density at radius 3 is 2.86 bits per heavy atom. The fraction of sp³-hybridized carbons (Fsp3) is 0.571. The lowest BCUT2D eigenvalue weighted by Gasteiger charge is -2.38. The molecule has 7 heteroatoms. The highest BCUT2D eigenvalue weighted by atomic mass is 32.2. The van der Waals surface area contributed by atoms with Crippen molar-refractivity contribution in [2.75, 3.05) is 28.7 Å². The average Bonchev–Trinajstić information content (AvgIpc) is 2.46. The second-order valence-electron chi connectivity index (χ2n) is 5.14. The van der Waals surface area contributed by atoms with E-state index in [0.717, 1.165) is 5.75 Å². The lowest BCUT2D eigenvalue weighted by molar-refractivity contribution is 0.573. The molecule has 4 nitrogen and oxygen atoms in total. The predicted octanol–water partition coefficient (Wildman–Crippen LogP) is 2.16.